The number of fused-ring (bicyclic) bond motifs is 1. The lowest BCUT2D eigenvalue weighted by Crippen LogP contribution is -2.36. The smallest absolute Gasteiger partial charge is 0.251 e. The highest BCUT2D eigenvalue weighted by Gasteiger charge is 2.20. The van der Waals surface area contributed by atoms with Crippen LogP contribution in [0.25, 0.3) is 11.0 Å². The molecule has 4 rings (SSSR count). The van der Waals surface area contributed by atoms with E-state index >= 15 is 0 Å². The molecule has 2 aromatic carbocycles. The Balaban J connectivity index is 1.51. The van der Waals surface area contributed by atoms with Crippen molar-refractivity contribution in [1.29, 1.82) is 0 Å². The van der Waals surface area contributed by atoms with Crippen molar-refractivity contribution in [3.05, 3.63) is 59.9 Å². The van der Waals surface area contributed by atoms with E-state index in [1.807, 2.05) is 49.4 Å². The first-order chi connectivity index (χ1) is 14.0. The summed E-state index contributed by atoms with van der Waals surface area (Å²) in [6, 6.07) is 15.9. The molecule has 1 aromatic heterocycles. The molecule has 0 unspecified atom stereocenters. The van der Waals surface area contributed by atoms with Gasteiger partial charge in [0, 0.05) is 30.4 Å². The summed E-state index contributed by atoms with van der Waals surface area (Å²) in [6.45, 7) is 9.52. The normalized spacial score (nSPS) is 15.7. The van der Waals surface area contributed by atoms with Gasteiger partial charge in [-0.15, -0.1) is 0 Å². The molecule has 6 nitrogen and oxygen atoms in total. The van der Waals surface area contributed by atoms with E-state index in [1.54, 1.807) is 0 Å². The second-order valence-corrected chi connectivity index (χ2v) is 7.76. The number of hydrogen-bond donors (Lipinski definition) is 1. The van der Waals surface area contributed by atoms with E-state index in [2.05, 4.69) is 34.7 Å². The standard InChI is InChI=1S/C23H28N4O2/c1-16(2)27-21-7-5-4-6-20(21)25-22(27)17(3)24-23(28)18-8-10-19(11-9-18)26-12-14-29-15-13-26/h4-11,16-17H,12-15H2,1-3H3,(H,24,28)/t17-/m0/s1. The Bertz CT molecular complexity index is 988. The number of nitrogens with zero attached hydrogens (tertiary/aromatic N) is 3. The first-order valence-electron chi connectivity index (χ1n) is 10.2. The fraction of sp³-hybridized carbons (Fsp3) is 0.391. The monoisotopic (exact) mass is 392 g/mol. The molecule has 1 amide bonds. The maximum Gasteiger partial charge on any atom is 0.251 e. The molecule has 0 radical (unpaired) electrons. The van der Waals surface area contributed by atoms with Crippen LogP contribution in [0.1, 0.15) is 49.0 Å². The van der Waals surface area contributed by atoms with E-state index in [-0.39, 0.29) is 18.0 Å². The summed E-state index contributed by atoms with van der Waals surface area (Å²) < 4.78 is 7.60. The lowest BCUT2D eigenvalue weighted by Gasteiger charge is -2.28. The van der Waals surface area contributed by atoms with Crippen LogP contribution < -0.4 is 10.2 Å². The third-order valence-electron chi connectivity index (χ3n) is 5.38. The molecule has 0 aliphatic carbocycles. The molecule has 29 heavy (non-hydrogen) atoms. The van der Waals surface area contributed by atoms with Crippen LogP contribution in [0.3, 0.4) is 0 Å². The number of hydrogen-bond acceptors (Lipinski definition) is 4. The van der Waals surface area contributed by atoms with Crippen molar-refractivity contribution in [3.8, 4) is 0 Å². The van der Waals surface area contributed by atoms with Crippen LogP contribution in [0, 0.1) is 0 Å². The Labute approximate surface area is 171 Å². The molecule has 1 N–H and O–H groups in total. The van der Waals surface area contributed by atoms with Crippen molar-refractivity contribution in [2.75, 3.05) is 31.2 Å². The Kier molecular flexibility index (Phi) is 5.53. The summed E-state index contributed by atoms with van der Waals surface area (Å²) in [7, 11) is 0. The molecule has 1 aliphatic rings. The van der Waals surface area contributed by atoms with E-state index in [0.29, 0.717) is 5.56 Å². The Morgan fingerprint density at radius 3 is 2.41 bits per heavy atom. The fourth-order valence-electron chi connectivity index (χ4n) is 3.90. The van der Waals surface area contributed by atoms with Crippen molar-refractivity contribution in [1.82, 2.24) is 14.9 Å². The van der Waals surface area contributed by atoms with Crippen LogP contribution in [-0.4, -0.2) is 41.8 Å². The zero-order valence-corrected chi connectivity index (χ0v) is 17.3. The number of morpholine rings is 1. The number of amides is 1. The number of nitrogens with one attached hydrogen (secondary N) is 1. The lowest BCUT2D eigenvalue weighted by molar-refractivity contribution is 0.0937. The van der Waals surface area contributed by atoms with E-state index in [4.69, 9.17) is 9.72 Å². The van der Waals surface area contributed by atoms with Crippen LogP contribution in [0.15, 0.2) is 48.5 Å². The molecule has 3 aromatic rings. The molecule has 1 fully saturated rings. The second-order valence-electron chi connectivity index (χ2n) is 7.76. The highest BCUT2D eigenvalue weighted by Crippen LogP contribution is 2.25. The van der Waals surface area contributed by atoms with Gasteiger partial charge in [-0.3, -0.25) is 4.79 Å². The summed E-state index contributed by atoms with van der Waals surface area (Å²) >= 11 is 0. The molecule has 0 saturated carbocycles. The largest absolute Gasteiger partial charge is 0.378 e. The Morgan fingerprint density at radius 1 is 1.03 bits per heavy atom. The number of aromatic nitrogens is 2. The van der Waals surface area contributed by atoms with E-state index in [9.17, 15) is 4.79 Å². The van der Waals surface area contributed by atoms with E-state index in [0.717, 1.165) is 48.8 Å². The fourth-order valence-corrected chi connectivity index (χ4v) is 3.90. The van der Waals surface area contributed by atoms with Crippen LogP contribution in [0.2, 0.25) is 0 Å². The molecular weight excluding hydrogens is 364 g/mol. The van der Waals surface area contributed by atoms with Gasteiger partial charge in [0.2, 0.25) is 0 Å². The number of imidazole rings is 1. The summed E-state index contributed by atoms with van der Waals surface area (Å²) in [5.74, 6) is 0.785. The molecule has 0 spiro atoms. The average Bonchev–Trinajstić information content (AvgIpc) is 3.14. The number of rotatable bonds is 5. The van der Waals surface area contributed by atoms with Gasteiger partial charge in [-0.25, -0.2) is 4.98 Å². The summed E-state index contributed by atoms with van der Waals surface area (Å²) in [6.07, 6.45) is 0. The highest BCUT2D eigenvalue weighted by atomic mass is 16.5. The second kappa shape index (κ2) is 8.25. The predicted octanol–water partition coefficient (Wildman–Crippen LogP) is 3.94. The minimum Gasteiger partial charge on any atom is -0.378 e. The highest BCUT2D eigenvalue weighted by molar-refractivity contribution is 5.94. The Morgan fingerprint density at radius 2 is 1.72 bits per heavy atom. The van der Waals surface area contributed by atoms with Gasteiger partial charge in [-0.1, -0.05) is 12.1 Å². The van der Waals surface area contributed by atoms with Gasteiger partial charge in [-0.05, 0) is 57.2 Å². The van der Waals surface area contributed by atoms with Gasteiger partial charge in [0.1, 0.15) is 5.82 Å². The number of anilines is 1. The minimum absolute atomic E-state index is 0.0895. The van der Waals surface area contributed by atoms with Gasteiger partial charge in [0.05, 0.1) is 30.3 Å². The van der Waals surface area contributed by atoms with Gasteiger partial charge < -0.3 is 19.5 Å². The van der Waals surface area contributed by atoms with Crippen molar-refractivity contribution in [3.63, 3.8) is 0 Å². The number of para-hydroxylation sites is 2. The SMILES string of the molecule is CC(C)n1c([C@H](C)NC(=O)c2ccc(N3CCOCC3)cc2)nc2ccccc21. The lowest BCUT2D eigenvalue weighted by atomic mass is 10.1. The molecule has 1 saturated heterocycles. The molecule has 2 heterocycles. The quantitative estimate of drug-likeness (QED) is 0.714. The van der Waals surface area contributed by atoms with Crippen molar-refractivity contribution >= 4 is 22.6 Å². The molecule has 0 bridgehead atoms. The van der Waals surface area contributed by atoms with Crippen LogP contribution in [-0.2, 0) is 4.74 Å². The number of carbonyl (C=O) groups excluding carboxylic acids is 1. The number of benzene rings is 2. The number of carbonyl (C=O) groups is 1. The molecule has 1 aliphatic heterocycles. The van der Waals surface area contributed by atoms with Gasteiger partial charge in [-0.2, -0.15) is 0 Å². The van der Waals surface area contributed by atoms with Crippen molar-refractivity contribution < 1.29 is 9.53 Å². The third-order valence-corrected chi connectivity index (χ3v) is 5.38. The van der Waals surface area contributed by atoms with Gasteiger partial charge in [0.15, 0.2) is 0 Å². The summed E-state index contributed by atoms with van der Waals surface area (Å²) in [5, 5.41) is 3.11. The van der Waals surface area contributed by atoms with Crippen LogP contribution in [0.5, 0.6) is 0 Å². The Hall–Kier alpha value is -2.86. The van der Waals surface area contributed by atoms with Crippen LogP contribution >= 0.6 is 0 Å². The molecule has 152 valence electrons. The van der Waals surface area contributed by atoms with E-state index < -0.39 is 0 Å². The number of ether oxygens (including phenoxy) is 1. The molecule has 6 heteroatoms. The summed E-state index contributed by atoms with van der Waals surface area (Å²) in [5.41, 5.74) is 3.82. The third kappa shape index (κ3) is 3.98. The van der Waals surface area contributed by atoms with Crippen molar-refractivity contribution in [2.45, 2.75) is 32.9 Å². The molecular formula is C23H28N4O2. The van der Waals surface area contributed by atoms with Crippen molar-refractivity contribution in [2.24, 2.45) is 0 Å². The zero-order valence-electron chi connectivity index (χ0n) is 17.3. The van der Waals surface area contributed by atoms with E-state index in [1.165, 1.54) is 0 Å². The molecule has 1 atom stereocenters. The van der Waals surface area contributed by atoms with Gasteiger partial charge in [0.25, 0.3) is 5.91 Å². The maximum absolute atomic E-state index is 12.8. The van der Waals surface area contributed by atoms with Crippen LogP contribution in [0.4, 0.5) is 5.69 Å². The average molecular weight is 393 g/mol. The maximum atomic E-state index is 12.8. The zero-order chi connectivity index (χ0) is 20.4. The minimum atomic E-state index is -0.198. The predicted molar refractivity (Wildman–Crippen MR) is 115 cm³/mol. The van der Waals surface area contributed by atoms with Gasteiger partial charge >= 0.3 is 0 Å². The first-order valence-corrected chi connectivity index (χ1v) is 10.2. The summed E-state index contributed by atoms with van der Waals surface area (Å²) in [4.78, 5) is 19.9. The first kappa shape index (κ1) is 19.5. The topological polar surface area (TPSA) is 59.4 Å².